The number of nitrogens with two attached hydrogens (primary N) is 1. The second kappa shape index (κ2) is 7.95. The van der Waals surface area contributed by atoms with E-state index >= 15 is 0 Å². The van der Waals surface area contributed by atoms with Gasteiger partial charge >= 0.3 is 0 Å². The maximum Gasteiger partial charge on any atom is 0.242 e. The van der Waals surface area contributed by atoms with Crippen molar-refractivity contribution in [3.8, 4) is 0 Å². The molecule has 116 valence electrons. The zero-order chi connectivity index (χ0) is 15.1. The summed E-state index contributed by atoms with van der Waals surface area (Å²) < 4.78 is 18.3. The van der Waals surface area contributed by atoms with Crippen molar-refractivity contribution in [1.29, 1.82) is 0 Å². The summed E-state index contributed by atoms with van der Waals surface area (Å²) >= 11 is 0. The summed E-state index contributed by atoms with van der Waals surface area (Å²) in [6.07, 6.45) is 0.785. The van der Waals surface area contributed by atoms with Crippen LogP contribution in [0.1, 0.15) is 6.42 Å². The van der Waals surface area contributed by atoms with Gasteiger partial charge < -0.3 is 20.3 Å². The molecule has 1 heterocycles. The number of anilines is 1. The summed E-state index contributed by atoms with van der Waals surface area (Å²) in [6.45, 7) is 3.96. The molecule has 1 aliphatic heterocycles. The lowest BCUT2D eigenvalue weighted by Crippen LogP contribution is -2.46. The molecular formula is C15H22FN3O2. The maximum absolute atomic E-state index is 13.0. The fourth-order valence-corrected chi connectivity index (χ4v) is 2.31. The third-order valence-electron chi connectivity index (χ3n) is 3.51. The van der Waals surface area contributed by atoms with Gasteiger partial charge in [-0.25, -0.2) is 4.39 Å². The number of rotatable bonds is 6. The summed E-state index contributed by atoms with van der Waals surface area (Å²) in [4.78, 5) is 16.1. The number of hydrogen-bond acceptors (Lipinski definition) is 4. The lowest BCUT2D eigenvalue weighted by molar-refractivity contribution is -0.133. The van der Waals surface area contributed by atoms with Crippen LogP contribution in [0.25, 0.3) is 0 Å². The Morgan fingerprint density at radius 2 is 1.95 bits per heavy atom. The Bertz CT molecular complexity index is 447. The van der Waals surface area contributed by atoms with Crippen LogP contribution in [0.2, 0.25) is 0 Å². The van der Waals surface area contributed by atoms with E-state index in [9.17, 15) is 9.18 Å². The highest BCUT2D eigenvalue weighted by Crippen LogP contribution is 2.15. The van der Waals surface area contributed by atoms with E-state index in [0.717, 1.165) is 12.1 Å². The van der Waals surface area contributed by atoms with Gasteiger partial charge in [-0.1, -0.05) is 0 Å². The molecule has 1 aromatic carbocycles. The highest BCUT2D eigenvalue weighted by Gasteiger charge is 2.19. The van der Waals surface area contributed by atoms with Crippen LogP contribution in [-0.2, 0) is 9.53 Å². The van der Waals surface area contributed by atoms with Crippen molar-refractivity contribution in [2.45, 2.75) is 6.42 Å². The fraction of sp³-hybridized carbons (Fsp3) is 0.533. The third-order valence-corrected chi connectivity index (χ3v) is 3.51. The molecular weight excluding hydrogens is 273 g/mol. The van der Waals surface area contributed by atoms with Gasteiger partial charge in [-0.05, 0) is 37.2 Å². The van der Waals surface area contributed by atoms with Crippen LogP contribution >= 0.6 is 0 Å². The number of morpholine rings is 1. The van der Waals surface area contributed by atoms with Crippen molar-refractivity contribution in [3.05, 3.63) is 30.1 Å². The molecule has 6 heteroatoms. The summed E-state index contributed by atoms with van der Waals surface area (Å²) in [7, 11) is 0. The van der Waals surface area contributed by atoms with E-state index in [1.807, 2.05) is 9.80 Å². The van der Waals surface area contributed by atoms with Crippen molar-refractivity contribution in [1.82, 2.24) is 4.90 Å². The first-order valence-electron chi connectivity index (χ1n) is 7.27. The number of carbonyl (C=O) groups is 1. The van der Waals surface area contributed by atoms with Gasteiger partial charge in [0.25, 0.3) is 0 Å². The number of halogens is 1. The van der Waals surface area contributed by atoms with E-state index in [1.54, 1.807) is 12.1 Å². The second-order valence-corrected chi connectivity index (χ2v) is 5.03. The standard InChI is InChI=1S/C15H22FN3O2/c16-13-2-4-14(5-3-13)19(7-1-6-17)12-15(20)18-8-10-21-11-9-18/h2-5H,1,6-12,17H2. The zero-order valence-electron chi connectivity index (χ0n) is 12.1. The van der Waals surface area contributed by atoms with Crippen LogP contribution < -0.4 is 10.6 Å². The number of nitrogens with zero attached hydrogens (tertiary/aromatic N) is 2. The van der Waals surface area contributed by atoms with E-state index in [4.69, 9.17) is 10.5 Å². The van der Waals surface area contributed by atoms with Crippen molar-refractivity contribution in [2.24, 2.45) is 5.73 Å². The molecule has 0 bridgehead atoms. The van der Waals surface area contributed by atoms with E-state index in [2.05, 4.69) is 0 Å². The van der Waals surface area contributed by atoms with Crippen LogP contribution in [0.4, 0.5) is 10.1 Å². The Labute approximate surface area is 124 Å². The van der Waals surface area contributed by atoms with Crippen LogP contribution in [0.5, 0.6) is 0 Å². The Kier molecular flexibility index (Phi) is 5.95. The van der Waals surface area contributed by atoms with Gasteiger partial charge in [-0.3, -0.25) is 4.79 Å². The smallest absolute Gasteiger partial charge is 0.242 e. The monoisotopic (exact) mass is 295 g/mol. The lowest BCUT2D eigenvalue weighted by atomic mass is 10.2. The molecule has 1 amide bonds. The largest absolute Gasteiger partial charge is 0.378 e. The normalized spacial score (nSPS) is 15.0. The van der Waals surface area contributed by atoms with Crippen LogP contribution in [0.15, 0.2) is 24.3 Å². The fourth-order valence-electron chi connectivity index (χ4n) is 2.31. The van der Waals surface area contributed by atoms with Crippen molar-refractivity contribution in [2.75, 3.05) is 50.8 Å². The Morgan fingerprint density at radius 3 is 2.57 bits per heavy atom. The van der Waals surface area contributed by atoms with Crippen molar-refractivity contribution < 1.29 is 13.9 Å². The van der Waals surface area contributed by atoms with Gasteiger partial charge in [0.1, 0.15) is 5.82 Å². The Balaban J connectivity index is 2.01. The van der Waals surface area contributed by atoms with Crippen LogP contribution in [-0.4, -0.2) is 56.7 Å². The molecule has 21 heavy (non-hydrogen) atoms. The molecule has 2 rings (SSSR count). The van der Waals surface area contributed by atoms with Crippen LogP contribution in [0.3, 0.4) is 0 Å². The lowest BCUT2D eigenvalue weighted by Gasteiger charge is -2.31. The highest BCUT2D eigenvalue weighted by molar-refractivity contribution is 5.81. The predicted octanol–water partition coefficient (Wildman–Crippen LogP) is 0.840. The Morgan fingerprint density at radius 1 is 1.29 bits per heavy atom. The minimum atomic E-state index is -0.281. The first-order chi connectivity index (χ1) is 10.2. The van der Waals surface area contributed by atoms with Gasteiger partial charge in [0.05, 0.1) is 19.8 Å². The van der Waals surface area contributed by atoms with E-state index < -0.39 is 0 Å². The predicted molar refractivity (Wildman–Crippen MR) is 79.7 cm³/mol. The number of hydrogen-bond donors (Lipinski definition) is 1. The molecule has 0 unspecified atom stereocenters. The molecule has 1 aliphatic rings. The zero-order valence-corrected chi connectivity index (χ0v) is 12.1. The molecule has 2 N–H and O–H groups in total. The molecule has 0 aliphatic carbocycles. The number of carbonyl (C=O) groups excluding carboxylic acids is 1. The molecule has 0 atom stereocenters. The van der Waals surface area contributed by atoms with Crippen molar-refractivity contribution in [3.63, 3.8) is 0 Å². The van der Waals surface area contributed by atoms with E-state index in [1.165, 1.54) is 12.1 Å². The summed E-state index contributed by atoms with van der Waals surface area (Å²) in [6, 6.07) is 6.20. The van der Waals surface area contributed by atoms with E-state index in [0.29, 0.717) is 39.4 Å². The molecule has 0 aromatic heterocycles. The number of ether oxygens (including phenoxy) is 1. The molecule has 0 spiro atoms. The molecule has 1 aromatic rings. The molecule has 0 saturated carbocycles. The quantitative estimate of drug-likeness (QED) is 0.845. The molecule has 1 saturated heterocycles. The molecule has 0 radical (unpaired) electrons. The average Bonchev–Trinajstić information content (AvgIpc) is 2.53. The topological polar surface area (TPSA) is 58.8 Å². The minimum absolute atomic E-state index is 0.0691. The highest BCUT2D eigenvalue weighted by atomic mass is 19.1. The third kappa shape index (κ3) is 4.68. The van der Waals surface area contributed by atoms with Gasteiger partial charge in [0.2, 0.25) is 5.91 Å². The van der Waals surface area contributed by atoms with Gasteiger partial charge in [-0.15, -0.1) is 0 Å². The van der Waals surface area contributed by atoms with E-state index in [-0.39, 0.29) is 18.3 Å². The van der Waals surface area contributed by atoms with Crippen LogP contribution in [0, 0.1) is 5.82 Å². The summed E-state index contributed by atoms with van der Waals surface area (Å²) in [5, 5.41) is 0. The summed E-state index contributed by atoms with van der Waals surface area (Å²) in [5.74, 6) is -0.211. The van der Waals surface area contributed by atoms with Gasteiger partial charge in [0.15, 0.2) is 0 Å². The minimum Gasteiger partial charge on any atom is -0.378 e. The maximum atomic E-state index is 13.0. The number of benzene rings is 1. The summed E-state index contributed by atoms with van der Waals surface area (Å²) in [5.41, 5.74) is 6.39. The Hall–Kier alpha value is -1.66. The number of amides is 1. The molecule has 5 nitrogen and oxygen atoms in total. The first kappa shape index (κ1) is 15.7. The first-order valence-corrected chi connectivity index (χ1v) is 7.27. The van der Waals surface area contributed by atoms with Gasteiger partial charge in [-0.2, -0.15) is 0 Å². The second-order valence-electron chi connectivity index (χ2n) is 5.03. The van der Waals surface area contributed by atoms with Gasteiger partial charge in [0, 0.05) is 25.3 Å². The van der Waals surface area contributed by atoms with Crippen molar-refractivity contribution >= 4 is 11.6 Å². The average molecular weight is 295 g/mol. The molecule has 1 fully saturated rings. The SMILES string of the molecule is NCCCN(CC(=O)N1CCOCC1)c1ccc(F)cc1.